The van der Waals surface area contributed by atoms with Crippen LogP contribution in [0.3, 0.4) is 0 Å². The van der Waals surface area contributed by atoms with E-state index < -0.39 is 29.9 Å². The second-order valence-electron chi connectivity index (χ2n) is 4.23. The SMILES string of the molecule is C=C(OC(=O)C(F)(F)F)C(=O)NC(CCN)c1cn(C)nn1. The maximum absolute atomic E-state index is 12.0. The van der Waals surface area contributed by atoms with E-state index in [4.69, 9.17) is 5.73 Å². The molecule has 1 aromatic rings. The van der Waals surface area contributed by atoms with Gasteiger partial charge in [-0.05, 0) is 13.0 Å². The molecule has 0 aliphatic carbocycles. The number of esters is 1. The lowest BCUT2D eigenvalue weighted by atomic mass is 10.1. The highest BCUT2D eigenvalue weighted by Crippen LogP contribution is 2.19. The first-order chi connectivity index (χ1) is 10.1. The van der Waals surface area contributed by atoms with Gasteiger partial charge in [-0.1, -0.05) is 11.8 Å². The minimum Gasteiger partial charge on any atom is -0.415 e. The Morgan fingerprint density at radius 2 is 2.18 bits per heavy atom. The smallest absolute Gasteiger partial charge is 0.415 e. The number of nitrogens with two attached hydrogens (primary N) is 1. The number of halogens is 3. The van der Waals surface area contributed by atoms with E-state index in [1.807, 2.05) is 0 Å². The van der Waals surface area contributed by atoms with Gasteiger partial charge in [0.2, 0.25) is 0 Å². The molecule has 1 aromatic heterocycles. The molecule has 0 bridgehead atoms. The number of hydrogen-bond donors (Lipinski definition) is 2. The van der Waals surface area contributed by atoms with Crippen LogP contribution in [-0.2, 0) is 21.4 Å². The first-order valence-electron chi connectivity index (χ1n) is 6.00. The van der Waals surface area contributed by atoms with Gasteiger partial charge in [0.25, 0.3) is 5.91 Å². The highest BCUT2D eigenvalue weighted by molar-refractivity contribution is 5.94. The molecule has 8 nitrogen and oxygen atoms in total. The highest BCUT2D eigenvalue weighted by Gasteiger charge is 2.42. The number of aromatic nitrogens is 3. The summed E-state index contributed by atoms with van der Waals surface area (Å²) in [5.41, 5.74) is 5.76. The Labute approximate surface area is 123 Å². The van der Waals surface area contributed by atoms with Crippen molar-refractivity contribution in [1.82, 2.24) is 20.3 Å². The zero-order valence-corrected chi connectivity index (χ0v) is 11.6. The second-order valence-corrected chi connectivity index (χ2v) is 4.23. The van der Waals surface area contributed by atoms with Crippen molar-refractivity contribution in [2.45, 2.75) is 18.6 Å². The minimum atomic E-state index is -5.22. The Morgan fingerprint density at radius 3 is 2.64 bits per heavy atom. The average Bonchev–Trinajstić information content (AvgIpc) is 2.83. The molecule has 1 amide bonds. The molecule has 0 radical (unpaired) electrons. The van der Waals surface area contributed by atoms with Crippen molar-refractivity contribution < 1.29 is 27.5 Å². The quantitative estimate of drug-likeness (QED) is 0.431. The number of nitrogens with zero attached hydrogens (tertiary/aromatic N) is 3. The molecule has 1 rings (SSSR count). The largest absolute Gasteiger partial charge is 0.491 e. The monoisotopic (exact) mass is 321 g/mol. The maximum atomic E-state index is 12.0. The number of carbonyl (C=O) groups is 2. The molecule has 122 valence electrons. The van der Waals surface area contributed by atoms with Crippen LogP contribution >= 0.6 is 0 Å². The Kier molecular flexibility index (Phi) is 5.63. The number of alkyl halides is 3. The predicted octanol–water partition coefficient (Wildman–Crippen LogP) is -0.0596. The van der Waals surface area contributed by atoms with Gasteiger partial charge in [0, 0.05) is 7.05 Å². The van der Waals surface area contributed by atoms with Gasteiger partial charge < -0.3 is 15.8 Å². The van der Waals surface area contributed by atoms with Crippen LogP contribution < -0.4 is 11.1 Å². The van der Waals surface area contributed by atoms with Gasteiger partial charge in [-0.3, -0.25) is 9.48 Å². The summed E-state index contributed by atoms with van der Waals surface area (Å²) in [6, 6.07) is -0.701. The lowest BCUT2D eigenvalue weighted by Crippen LogP contribution is -2.34. The van der Waals surface area contributed by atoms with Crippen LogP contribution in [0.2, 0.25) is 0 Å². The summed E-state index contributed by atoms with van der Waals surface area (Å²) in [5, 5.41) is 9.77. The van der Waals surface area contributed by atoms with Gasteiger partial charge in [-0.15, -0.1) is 5.10 Å². The van der Waals surface area contributed by atoms with Gasteiger partial charge in [0.15, 0.2) is 5.76 Å². The normalized spacial score (nSPS) is 12.6. The summed E-state index contributed by atoms with van der Waals surface area (Å²) in [7, 11) is 1.60. The second kappa shape index (κ2) is 7.02. The molecule has 0 aliphatic heterocycles. The molecule has 1 unspecified atom stereocenters. The van der Waals surface area contributed by atoms with Crippen LogP contribution in [-0.4, -0.2) is 39.6 Å². The summed E-state index contributed by atoms with van der Waals surface area (Å²) in [5.74, 6) is -4.59. The number of hydrogen-bond acceptors (Lipinski definition) is 6. The molecule has 0 saturated heterocycles. The lowest BCUT2D eigenvalue weighted by molar-refractivity contribution is -0.195. The summed E-state index contributed by atoms with van der Waals surface area (Å²) in [6.45, 7) is 3.17. The number of ether oxygens (including phenoxy) is 1. The van der Waals surface area contributed by atoms with Crippen LogP contribution in [0.15, 0.2) is 18.5 Å². The fraction of sp³-hybridized carbons (Fsp3) is 0.455. The molecule has 0 spiro atoms. The third-order valence-electron chi connectivity index (χ3n) is 2.44. The zero-order valence-electron chi connectivity index (χ0n) is 11.6. The van der Waals surface area contributed by atoms with Crippen LogP contribution in [0.4, 0.5) is 13.2 Å². The fourth-order valence-electron chi connectivity index (χ4n) is 1.44. The van der Waals surface area contributed by atoms with Gasteiger partial charge in [-0.2, -0.15) is 13.2 Å². The van der Waals surface area contributed by atoms with Crippen LogP contribution in [0.5, 0.6) is 0 Å². The van der Waals surface area contributed by atoms with Gasteiger partial charge in [-0.25, -0.2) is 4.79 Å². The molecule has 0 saturated carbocycles. The van der Waals surface area contributed by atoms with E-state index in [1.165, 1.54) is 10.9 Å². The van der Waals surface area contributed by atoms with Crippen LogP contribution in [0.1, 0.15) is 18.2 Å². The molecule has 0 aliphatic rings. The summed E-state index contributed by atoms with van der Waals surface area (Å²) < 4.78 is 41.3. The average molecular weight is 321 g/mol. The van der Waals surface area contributed by atoms with E-state index in [1.54, 1.807) is 7.05 Å². The third kappa shape index (κ3) is 4.84. The van der Waals surface area contributed by atoms with Crippen molar-refractivity contribution in [2.24, 2.45) is 12.8 Å². The predicted molar refractivity (Wildman–Crippen MR) is 66.8 cm³/mol. The van der Waals surface area contributed by atoms with Crippen molar-refractivity contribution in [2.75, 3.05) is 6.54 Å². The van der Waals surface area contributed by atoms with Crippen molar-refractivity contribution in [3.63, 3.8) is 0 Å². The Hall–Kier alpha value is -2.43. The third-order valence-corrected chi connectivity index (χ3v) is 2.44. The number of amides is 1. The fourth-order valence-corrected chi connectivity index (χ4v) is 1.44. The van der Waals surface area contributed by atoms with Crippen molar-refractivity contribution in [3.8, 4) is 0 Å². The van der Waals surface area contributed by atoms with Crippen LogP contribution in [0, 0.1) is 0 Å². The van der Waals surface area contributed by atoms with E-state index in [0.717, 1.165) is 0 Å². The van der Waals surface area contributed by atoms with Crippen LogP contribution in [0.25, 0.3) is 0 Å². The highest BCUT2D eigenvalue weighted by atomic mass is 19.4. The van der Waals surface area contributed by atoms with E-state index in [-0.39, 0.29) is 13.0 Å². The Morgan fingerprint density at radius 1 is 1.55 bits per heavy atom. The summed E-state index contributed by atoms with van der Waals surface area (Å²) in [4.78, 5) is 22.4. The first kappa shape index (κ1) is 17.6. The summed E-state index contributed by atoms with van der Waals surface area (Å²) >= 11 is 0. The topological polar surface area (TPSA) is 112 Å². The van der Waals surface area contributed by atoms with E-state index >= 15 is 0 Å². The van der Waals surface area contributed by atoms with Gasteiger partial charge in [0.05, 0.1) is 12.2 Å². The number of carbonyl (C=O) groups excluding carboxylic acids is 2. The van der Waals surface area contributed by atoms with Crippen molar-refractivity contribution in [3.05, 3.63) is 24.2 Å². The number of aryl methyl sites for hydroxylation is 1. The van der Waals surface area contributed by atoms with Gasteiger partial charge >= 0.3 is 12.1 Å². The summed E-state index contributed by atoms with van der Waals surface area (Å²) in [6.07, 6.45) is -3.46. The maximum Gasteiger partial charge on any atom is 0.491 e. The zero-order chi connectivity index (χ0) is 16.9. The molecule has 0 aromatic carbocycles. The van der Waals surface area contributed by atoms with E-state index in [2.05, 4.69) is 26.9 Å². The van der Waals surface area contributed by atoms with E-state index in [9.17, 15) is 22.8 Å². The number of nitrogens with one attached hydrogen (secondary N) is 1. The molecule has 1 atom stereocenters. The Bertz CT molecular complexity index is 570. The molecular weight excluding hydrogens is 307 g/mol. The first-order valence-corrected chi connectivity index (χ1v) is 6.00. The van der Waals surface area contributed by atoms with Crippen molar-refractivity contribution >= 4 is 11.9 Å². The molecule has 22 heavy (non-hydrogen) atoms. The molecule has 1 heterocycles. The number of rotatable bonds is 6. The van der Waals surface area contributed by atoms with E-state index in [0.29, 0.717) is 5.69 Å². The van der Waals surface area contributed by atoms with Crippen molar-refractivity contribution in [1.29, 1.82) is 0 Å². The molecule has 0 fully saturated rings. The Balaban J connectivity index is 2.71. The standard InChI is InChI=1S/C11H14F3N5O3/c1-6(22-10(21)11(12,13)14)9(20)16-7(3-4-15)8-5-19(2)18-17-8/h5,7H,1,3-4,15H2,2H3,(H,16,20). The van der Waals surface area contributed by atoms with Gasteiger partial charge in [0.1, 0.15) is 5.69 Å². The molecule has 3 N–H and O–H groups in total. The molecule has 11 heteroatoms. The minimum absolute atomic E-state index is 0.177. The lowest BCUT2D eigenvalue weighted by Gasteiger charge is -2.16. The molecular formula is C11H14F3N5O3.